The van der Waals surface area contributed by atoms with Gasteiger partial charge in [0.1, 0.15) is 6.54 Å². The lowest BCUT2D eigenvalue weighted by Gasteiger charge is -2.29. The zero-order chi connectivity index (χ0) is 18.4. The van der Waals surface area contributed by atoms with Gasteiger partial charge in [-0.05, 0) is 25.2 Å². The molecule has 2 heterocycles. The molecule has 0 radical (unpaired) electrons. The molecule has 1 saturated carbocycles. The summed E-state index contributed by atoms with van der Waals surface area (Å²) in [6, 6.07) is 0.515. The highest BCUT2D eigenvalue weighted by Crippen LogP contribution is 2.21. The van der Waals surface area contributed by atoms with E-state index in [1.165, 1.54) is 32.1 Å². The second-order valence-corrected chi connectivity index (χ2v) is 8.07. The summed E-state index contributed by atoms with van der Waals surface area (Å²) in [6.07, 6.45) is 6.21. The lowest BCUT2D eigenvalue weighted by molar-refractivity contribution is -0.127. The highest BCUT2D eigenvalue weighted by atomic mass is 127. The van der Waals surface area contributed by atoms with Gasteiger partial charge in [-0.15, -0.1) is 24.0 Å². The summed E-state index contributed by atoms with van der Waals surface area (Å²) in [5.41, 5.74) is 0. The number of nitrogens with one attached hydrogen (secondary N) is 1. The first kappa shape index (κ1) is 22.7. The van der Waals surface area contributed by atoms with Gasteiger partial charge in [0.05, 0.1) is 13.2 Å². The van der Waals surface area contributed by atoms with Crippen LogP contribution in [-0.2, 0) is 9.53 Å². The molecule has 0 spiro atoms. The zero-order valence-corrected chi connectivity index (χ0v) is 19.2. The number of carbonyl (C=O) groups is 1. The molecular formula is C19H36IN5O2. The van der Waals surface area contributed by atoms with Crippen molar-refractivity contribution < 1.29 is 9.53 Å². The molecule has 1 unspecified atom stereocenters. The number of amides is 1. The normalized spacial score (nSPS) is 24.7. The molecule has 1 aliphatic carbocycles. The number of rotatable bonds is 5. The first-order valence-corrected chi connectivity index (χ1v) is 10.2. The molecule has 3 rings (SSSR count). The Hall–Kier alpha value is -0.610. The van der Waals surface area contributed by atoms with Crippen molar-refractivity contribution in [1.29, 1.82) is 0 Å². The van der Waals surface area contributed by atoms with Crippen molar-refractivity contribution in [3.63, 3.8) is 0 Å². The molecule has 1 atom stereocenters. The zero-order valence-electron chi connectivity index (χ0n) is 16.9. The van der Waals surface area contributed by atoms with Crippen LogP contribution in [0, 0.1) is 5.92 Å². The molecule has 0 bridgehead atoms. The lowest BCUT2D eigenvalue weighted by atomic mass is 10.1. The van der Waals surface area contributed by atoms with E-state index in [4.69, 9.17) is 4.74 Å². The Morgan fingerprint density at radius 1 is 1.15 bits per heavy atom. The number of hydrogen-bond donors (Lipinski definition) is 1. The Morgan fingerprint density at radius 3 is 2.52 bits per heavy atom. The maximum absolute atomic E-state index is 12.0. The molecule has 27 heavy (non-hydrogen) atoms. The number of morpholine rings is 1. The van der Waals surface area contributed by atoms with Gasteiger partial charge in [-0.1, -0.05) is 12.8 Å². The second-order valence-electron chi connectivity index (χ2n) is 8.07. The van der Waals surface area contributed by atoms with Crippen LogP contribution in [0.4, 0.5) is 0 Å². The van der Waals surface area contributed by atoms with Gasteiger partial charge in [0.25, 0.3) is 0 Å². The Bertz CT molecular complexity index is 490. The average molecular weight is 493 g/mol. The molecule has 0 aromatic carbocycles. The number of ether oxygens (including phenoxy) is 1. The Labute approximate surface area is 180 Å². The first-order valence-electron chi connectivity index (χ1n) is 10.2. The summed E-state index contributed by atoms with van der Waals surface area (Å²) < 4.78 is 5.45. The molecule has 7 nitrogen and oxygen atoms in total. The molecule has 0 aromatic heterocycles. The number of guanidine groups is 1. The van der Waals surface area contributed by atoms with Crippen molar-refractivity contribution in [2.24, 2.45) is 10.9 Å². The van der Waals surface area contributed by atoms with Gasteiger partial charge in [-0.3, -0.25) is 9.69 Å². The van der Waals surface area contributed by atoms with Crippen molar-refractivity contribution in [2.75, 3.05) is 66.6 Å². The van der Waals surface area contributed by atoms with Crippen LogP contribution in [0.2, 0.25) is 0 Å². The number of aliphatic imine (C=N–C) groups is 1. The number of halogens is 1. The summed E-state index contributed by atoms with van der Waals surface area (Å²) in [5.74, 6) is 1.67. The van der Waals surface area contributed by atoms with E-state index < -0.39 is 0 Å². The third-order valence-corrected chi connectivity index (χ3v) is 5.76. The maximum atomic E-state index is 12.0. The summed E-state index contributed by atoms with van der Waals surface area (Å²) in [5, 5.41) is 3.65. The molecule has 8 heteroatoms. The molecule has 1 N–H and O–H groups in total. The highest BCUT2D eigenvalue weighted by molar-refractivity contribution is 14.0. The van der Waals surface area contributed by atoms with Crippen LogP contribution in [-0.4, -0.2) is 99.2 Å². The van der Waals surface area contributed by atoms with E-state index in [0.717, 1.165) is 51.9 Å². The van der Waals surface area contributed by atoms with Crippen molar-refractivity contribution in [3.05, 3.63) is 0 Å². The minimum atomic E-state index is 0. The van der Waals surface area contributed by atoms with E-state index in [1.54, 1.807) is 19.0 Å². The van der Waals surface area contributed by atoms with Crippen LogP contribution in [0.25, 0.3) is 0 Å². The van der Waals surface area contributed by atoms with Crippen molar-refractivity contribution in [3.8, 4) is 0 Å². The summed E-state index contributed by atoms with van der Waals surface area (Å²) in [4.78, 5) is 23.2. The molecule has 2 aliphatic heterocycles. The Balaban J connectivity index is 0.00000261. The third-order valence-electron chi connectivity index (χ3n) is 5.76. The van der Waals surface area contributed by atoms with Gasteiger partial charge >= 0.3 is 0 Å². The monoisotopic (exact) mass is 493 g/mol. The van der Waals surface area contributed by atoms with E-state index in [0.29, 0.717) is 12.0 Å². The number of likely N-dealkylation sites (tertiary alicyclic amines) is 1. The first-order chi connectivity index (χ1) is 12.6. The molecule has 2 saturated heterocycles. The number of carbonyl (C=O) groups excluding carboxylic acids is 1. The molecule has 3 fully saturated rings. The Morgan fingerprint density at radius 2 is 1.85 bits per heavy atom. The van der Waals surface area contributed by atoms with E-state index in [2.05, 4.69) is 20.1 Å². The van der Waals surface area contributed by atoms with E-state index >= 15 is 0 Å². The summed E-state index contributed by atoms with van der Waals surface area (Å²) in [6.45, 7) is 7.26. The summed E-state index contributed by atoms with van der Waals surface area (Å²) >= 11 is 0. The van der Waals surface area contributed by atoms with E-state index in [-0.39, 0.29) is 36.4 Å². The van der Waals surface area contributed by atoms with Crippen LogP contribution >= 0.6 is 24.0 Å². The number of hydrogen-bond acceptors (Lipinski definition) is 4. The average Bonchev–Trinajstić information content (AvgIpc) is 3.31. The van der Waals surface area contributed by atoms with Crippen LogP contribution < -0.4 is 5.32 Å². The van der Waals surface area contributed by atoms with Gasteiger partial charge in [0, 0.05) is 52.9 Å². The smallest absolute Gasteiger partial charge is 0.243 e. The van der Waals surface area contributed by atoms with Gasteiger partial charge in [-0.2, -0.15) is 0 Å². The highest BCUT2D eigenvalue weighted by Gasteiger charge is 2.29. The van der Waals surface area contributed by atoms with E-state index in [1.807, 2.05) is 0 Å². The van der Waals surface area contributed by atoms with Crippen molar-refractivity contribution in [1.82, 2.24) is 20.0 Å². The van der Waals surface area contributed by atoms with Crippen LogP contribution in [0.5, 0.6) is 0 Å². The standard InChI is InChI=1S/C19H35N5O2.HI/c1-22(2)18(25)13-20-19(21-17-5-3-4-6-17)24-8-7-16(15-24)14-23-9-11-26-12-10-23;/h16-17H,3-15H2,1-2H3,(H,20,21);1H. The molecule has 156 valence electrons. The van der Waals surface area contributed by atoms with Crippen LogP contribution in [0.3, 0.4) is 0 Å². The van der Waals surface area contributed by atoms with Gasteiger partial charge < -0.3 is 19.9 Å². The van der Waals surface area contributed by atoms with E-state index in [9.17, 15) is 4.79 Å². The van der Waals surface area contributed by atoms with Crippen LogP contribution in [0.15, 0.2) is 4.99 Å². The minimum Gasteiger partial charge on any atom is -0.379 e. The molecule has 1 amide bonds. The molecule has 0 aromatic rings. The lowest BCUT2D eigenvalue weighted by Crippen LogP contribution is -2.45. The third kappa shape index (κ3) is 7.05. The predicted octanol–water partition coefficient (Wildman–Crippen LogP) is 1.23. The molecular weight excluding hydrogens is 457 g/mol. The fourth-order valence-corrected chi connectivity index (χ4v) is 4.10. The van der Waals surface area contributed by atoms with Gasteiger partial charge in [0.2, 0.25) is 5.91 Å². The van der Waals surface area contributed by atoms with Gasteiger partial charge in [-0.25, -0.2) is 4.99 Å². The number of nitrogens with zero attached hydrogens (tertiary/aromatic N) is 4. The molecule has 3 aliphatic rings. The van der Waals surface area contributed by atoms with Gasteiger partial charge in [0.15, 0.2) is 5.96 Å². The van der Waals surface area contributed by atoms with Crippen LogP contribution in [0.1, 0.15) is 32.1 Å². The SMILES string of the molecule is CN(C)C(=O)CN=C(NC1CCCC1)N1CCC(CN2CCOCC2)C1.I. The fourth-order valence-electron chi connectivity index (χ4n) is 4.10. The summed E-state index contributed by atoms with van der Waals surface area (Å²) in [7, 11) is 3.58. The number of likely N-dealkylation sites (N-methyl/N-ethyl adjacent to an activating group) is 1. The quantitative estimate of drug-likeness (QED) is 0.355. The topological polar surface area (TPSA) is 60.4 Å². The Kier molecular flexibility index (Phi) is 9.58. The maximum Gasteiger partial charge on any atom is 0.243 e. The second kappa shape index (κ2) is 11.4. The van der Waals surface area contributed by atoms with Crippen molar-refractivity contribution >= 4 is 35.8 Å². The fraction of sp³-hybridized carbons (Fsp3) is 0.895. The predicted molar refractivity (Wildman–Crippen MR) is 119 cm³/mol. The minimum absolute atomic E-state index is 0. The van der Waals surface area contributed by atoms with Crippen molar-refractivity contribution in [2.45, 2.75) is 38.1 Å². The largest absolute Gasteiger partial charge is 0.379 e.